The van der Waals surface area contributed by atoms with Crippen molar-refractivity contribution in [1.29, 1.82) is 0 Å². The lowest BCUT2D eigenvalue weighted by atomic mass is 9.76. The van der Waals surface area contributed by atoms with Gasteiger partial charge in [-0.2, -0.15) is 0 Å². The monoisotopic (exact) mass is 396 g/mol. The van der Waals surface area contributed by atoms with Gasteiger partial charge < -0.3 is 15.8 Å². The summed E-state index contributed by atoms with van der Waals surface area (Å²) in [5.74, 6) is 0.0185. The molecule has 0 saturated heterocycles. The molecule has 1 fully saturated rings. The number of nitrogens with one attached hydrogen (secondary N) is 1. The molecule has 0 aromatic heterocycles. The van der Waals surface area contributed by atoms with Gasteiger partial charge in [0.05, 0.1) is 5.92 Å². The van der Waals surface area contributed by atoms with Gasteiger partial charge in [0.1, 0.15) is 5.60 Å². The molecule has 0 heterocycles. The van der Waals surface area contributed by atoms with Crippen LogP contribution in [0.4, 0.5) is 0 Å². The van der Waals surface area contributed by atoms with Crippen LogP contribution in [0.3, 0.4) is 0 Å². The fraction of sp³-hybridized carbons (Fsp3) is 0.682. The number of nitrogens with two attached hydrogens (primary N) is 1. The lowest BCUT2D eigenvalue weighted by molar-refractivity contribution is -0.163. The maximum atomic E-state index is 12.8. The van der Waals surface area contributed by atoms with Crippen molar-refractivity contribution in [1.82, 2.24) is 5.32 Å². The highest BCUT2D eigenvalue weighted by Gasteiger charge is 2.36. The molecule has 1 aliphatic rings. The van der Waals surface area contributed by atoms with E-state index in [1.54, 1.807) is 0 Å². The minimum Gasteiger partial charge on any atom is -0.460 e. The van der Waals surface area contributed by atoms with Crippen LogP contribution in [0.5, 0.6) is 0 Å². The van der Waals surface area contributed by atoms with E-state index in [1.807, 2.05) is 26.8 Å². The first kappa shape index (κ1) is 23.9. The molecule has 0 aliphatic heterocycles. The van der Waals surface area contributed by atoms with Gasteiger partial charge in [0.25, 0.3) is 0 Å². The third kappa shape index (κ3) is 8.63. The van der Waals surface area contributed by atoms with Gasteiger partial charge in [0.2, 0.25) is 0 Å². The van der Waals surface area contributed by atoms with Crippen LogP contribution in [0, 0.1) is 11.8 Å². The molecule has 1 aromatic rings. The number of halogens is 1. The second kappa shape index (κ2) is 11.7. The van der Waals surface area contributed by atoms with Gasteiger partial charge in [-0.15, -0.1) is 12.4 Å². The highest BCUT2D eigenvalue weighted by Crippen LogP contribution is 2.33. The largest absolute Gasteiger partial charge is 0.460 e. The van der Waals surface area contributed by atoms with Gasteiger partial charge in [-0.25, -0.2) is 0 Å². The van der Waals surface area contributed by atoms with Crippen LogP contribution in [0.25, 0.3) is 0 Å². The summed E-state index contributed by atoms with van der Waals surface area (Å²) < 4.78 is 5.70. The number of hydrogen-bond donors (Lipinski definition) is 2. The summed E-state index contributed by atoms with van der Waals surface area (Å²) in [5, 5.41) is 3.44. The standard InChI is InChI=1S/C22H36N2O2.ClH/c1-22(2,3)26-21(25)20(18-12-8-5-9-13-18)19(23)16-24-15-14-17-10-6-4-7-11-17;/h4,6-7,10-11,18-20,24H,5,8-9,12-16,23H2,1-3H3;1H/t19-,20?;/m0./s1. The summed E-state index contributed by atoms with van der Waals surface area (Å²) in [5.41, 5.74) is 7.33. The van der Waals surface area contributed by atoms with E-state index < -0.39 is 5.60 Å². The maximum absolute atomic E-state index is 12.8. The third-order valence-electron chi connectivity index (χ3n) is 5.11. The molecular formula is C22H37ClN2O2. The van der Waals surface area contributed by atoms with Gasteiger partial charge in [0.15, 0.2) is 0 Å². The van der Waals surface area contributed by atoms with Gasteiger partial charge in [-0.3, -0.25) is 4.79 Å². The van der Waals surface area contributed by atoms with Gasteiger partial charge in [-0.05, 0) is 58.1 Å². The Morgan fingerprint density at radius 1 is 1.19 bits per heavy atom. The number of rotatable bonds is 8. The number of esters is 1. The molecule has 0 spiro atoms. The SMILES string of the molecule is CC(C)(C)OC(=O)C(C1CCCCC1)[C@@H](N)CNCCc1ccccc1.Cl. The first-order valence-corrected chi connectivity index (χ1v) is 10.1. The molecule has 1 aliphatic carbocycles. The van der Waals surface area contributed by atoms with Gasteiger partial charge >= 0.3 is 5.97 Å². The Labute approximate surface area is 171 Å². The van der Waals surface area contributed by atoms with E-state index in [4.69, 9.17) is 10.5 Å². The van der Waals surface area contributed by atoms with Crippen molar-refractivity contribution in [2.24, 2.45) is 17.6 Å². The van der Waals surface area contributed by atoms with E-state index in [-0.39, 0.29) is 30.3 Å². The Bertz CT molecular complexity index is 539. The minimum atomic E-state index is -0.468. The predicted octanol–water partition coefficient (Wildman–Crippen LogP) is 4.11. The Kier molecular flexibility index (Phi) is 10.4. The Balaban J connectivity index is 0.00000364. The molecule has 1 unspecified atom stereocenters. The molecule has 5 heteroatoms. The van der Waals surface area contributed by atoms with E-state index in [1.165, 1.54) is 24.8 Å². The molecule has 0 amide bonds. The van der Waals surface area contributed by atoms with Crippen molar-refractivity contribution in [3.63, 3.8) is 0 Å². The average Bonchev–Trinajstić information content (AvgIpc) is 2.59. The van der Waals surface area contributed by atoms with Crippen molar-refractivity contribution in [3.8, 4) is 0 Å². The summed E-state index contributed by atoms with van der Waals surface area (Å²) >= 11 is 0. The molecule has 2 rings (SSSR count). The van der Waals surface area contributed by atoms with Gasteiger partial charge in [-0.1, -0.05) is 49.6 Å². The Morgan fingerprint density at radius 3 is 2.41 bits per heavy atom. The fourth-order valence-electron chi connectivity index (χ4n) is 3.85. The summed E-state index contributed by atoms with van der Waals surface area (Å²) in [6.07, 6.45) is 6.79. The van der Waals surface area contributed by atoms with Crippen LogP contribution < -0.4 is 11.1 Å². The van der Waals surface area contributed by atoms with E-state index in [2.05, 4.69) is 29.6 Å². The number of carbonyl (C=O) groups is 1. The first-order valence-electron chi connectivity index (χ1n) is 10.1. The van der Waals surface area contributed by atoms with Crippen molar-refractivity contribution in [3.05, 3.63) is 35.9 Å². The lowest BCUT2D eigenvalue weighted by Gasteiger charge is -2.34. The van der Waals surface area contributed by atoms with Crippen LogP contribution in [0.15, 0.2) is 30.3 Å². The van der Waals surface area contributed by atoms with Crippen molar-refractivity contribution >= 4 is 18.4 Å². The lowest BCUT2D eigenvalue weighted by Crippen LogP contribution is -2.49. The summed E-state index contributed by atoms with van der Waals surface area (Å²) in [7, 11) is 0. The zero-order valence-corrected chi connectivity index (χ0v) is 17.9. The third-order valence-corrected chi connectivity index (χ3v) is 5.11. The van der Waals surface area contributed by atoms with Crippen LogP contribution in [0.2, 0.25) is 0 Å². The van der Waals surface area contributed by atoms with Crippen molar-refractivity contribution in [2.75, 3.05) is 13.1 Å². The zero-order valence-electron chi connectivity index (χ0n) is 17.1. The Hall–Kier alpha value is -1.10. The van der Waals surface area contributed by atoms with Crippen molar-refractivity contribution < 1.29 is 9.53 Å². The average molecular weight is 397 g/mol. The smallest absolute Gasteiger partial charge is 0.311 e. The minimum absolute atomic E-state index is 0. The number of benzene rings is 1. The number of ether oxygens (including phenoxy) is 1. The molecule has 0 bridgehead atoms. The molecule has 154 valence electrons. The molecule has 3 N–H and O–H groups in total. The number of hydrogen-bond acceptors (Lipinski definition) is 4. The highest BCUT2D eigenvalue weighted by molar-refractivity contribution is 5.85. The van der Waals surface area contributed by atoms with Crippen molar-refractivity contribution in [2.45, 2.75) is 70.9 Å². The molecule has 1 aromatic carbocycles. The summed E-state index contributed by atoms with van der Waals surface area (Å²) in [4.78, 5) is 12.8. The quantitative estimate of drug-likeness (QED) is 0.512. The predicted molar refractivity (Wildman–Crippen MR) is 114 cm³/mol. The summed E-state index contributed by atoms with van der Waals surface area (Å²) in [6.45, 7) is 7.28. The maximum Gasteiger partial charge on any atom is 0.311 e. The molecule has 4 nitrogen and oxygen atoms in total. The van der Waals surface area contributed by atoms with Crippen LogP contribution in [-0.2, 0) is 16.0 Å². The fourth-order valence-corrected chi connectivity index (χ4v) is 3.85. The topological polar surface area (TPSA) is 64.3 Å². The van der Waals surface area contributed by atoms with Gasteiger partial charge in [0, 0.05) is 12.6 Å². The highest BCUT2D eigenvalue weighted by atomic mass is 35.5. The Morgan fingerprint density at radius 2 is 1.81 bits per heavy atom. The molecule has 1 saturated carbocycles. The molecular weight excluding hydrogens is 360 g/mol. The van der Waals surface area contributed by atoms with Crippen LogP contribution in [-0.4, -0.2) is 30.7 Å². The van der Waals surface area contributed by atoms with E-state index >= 15 is 0 Å². The van der Waals surface area contributed by atoms with E-state index in [9.17, 15) is 4.79 Å². The first-order chi connectivity index (χ1) is 12.4. The summed E-state index contributed by atoms with van der Waals surface area (Å²) in [6, 6.07) is 10.2. The second-order valence-electron chi connectivity index (χ2n) is 8.56. The number of carbonyl (C=O) groups excluding carboxylic acids is 1. The van der Waals surface area contributed by atoms with Crippen LogP contribution in [0.1, 0.15) is 58.4 Å². The molecule has 0 radical (unpaired) electrons. The van der Waals surface area contributed by atoms with Crippen LogP contribution >= 0.6 is 12.4 Å². The normalized spacial score (nSPS) is 17.6. The molecule has 27 heavy (non-hydrogen) atoms. The zero-order chi connectivity index (χ0) is 19.0. The molecule has 2 atom stereocenters. The van der Waals surface area contributed by atoms with E-state index in [0.29, 0.717) is 12.5 Å². The van der Waals surface area contributed by atoms with E-state index in [0.717, 1.165) is 25.8 Å². The second-order valence-corrected chi connectivity index (χ2v) is 8.56.